The number of nitrogens with zero attached hydrogens (tertiary/aromatic N) is 3. The average molecular weight is 601 g/mol. The number of aryl methyl sites for hydroxylation is 1. The van der Waals surface area contributed by atoms with Gasteiger partial charge in [0.05, 0.1) is 36.8 Å². The van der Waals surface area contributed by atoms with Crippen molar-refractivity contribution in [3.8, 4) is 0 Å². The number of nitrogens with two attached hydrogens (primary N) is 1. The molecule has 3 aromatic carbocycles. The van der Waals surface area contributed by atoms with E-state index in [4.69, 9.17) is 15.2 Å². The monoisotopic (exact) mass is 600 g/mol. The van der Waals surface area contributed by atoms with E-state index in [2.05, 4.69) is 46.2 Å². The van der Waals surface area contributed by atoms with Crippen molar-refractivity contribution in [1.82, 2.24) is 4.90 Å². The highest BCUT2D eigenvalue weighted by Gasteiger charge is 2.50. The van der Waals surface area contributed by atoms with Gasteiger partial charge in [-0.3, -0.25) is 9.59 Å². The Morgan fingerprint density at radius 3 is 2.14 bits per heavy atom. The lowest BCUT2D eigenvalue weighted by Crippen LogP contribution is -2.55. The molecule has 232 valence electrons. The fourth-order valence-corrected chi connectivity index (χ4v) is 7.21. The molecule has 3 saturated heterocycles. The molecule has 3 aliphatic rings. The summed E-state index contributed by atoms with van der Waals surface area (Å²) in [5, 5.41) is 0. The first kappa shape index (κ1) is 30.1. The summed E-state index contributed by atoms with van der Waals surface area (Å²) >= 11 is 0. The molecule has 0 aliphatic carbocycles. The summed E-state index contributed by atoms with van der Waals surface area (Å²) in [6.07, 6.45) is 2.31. The number of halogens is 1. The first-order valence-corrected chi connectivity index (χ1v) is 15.4. The minimum Gasteiger partial charge on any atom is -0.381 e. The predicted molar refractivity (Wildman–Crippen MR) is 169 cm³/mol. The van der Waals surface area contributed by atoms with E-state index in [1.54, 1.807) is 24.0 Å². The van der Waals surface area contributed by atoms with E-state index >= 15 is 4.39 Å². The minimum absolute atomic E-state index is 0.0248. The van der Waals surface area contributed by atoms with Crippen molar-refractivity contribution < 1.29 is 23.5 Å². The number of benzene rings is 3. The van der Waals surface area contributed by atoms with E-state index in [-0.39, 0.29) is 23.6 Å². The molecule has 0 saturated carbocycles. The van der Waals surface area contributed by atoms with Gasteiger partial charge in [0.15, 0.2) is 0 Å². The predicted octanol–water partition coefficient (Wildman–Crippen LogP) is 5.22. The Morgan fingerprint density at radius 1 is 0.886 bits per heavy atom. The quantitative estimate of drug-likeness (QED) is 0.400. The first-order valence-electron chi connectivity index (χ1n) is 15.4. The summed E-state index contributed by atoms with van der Waals surface area (Å²) < 4.78 is 26.6. The SMILES string of the molecule is Cc1cccc(F)c1C(=O)N1C2COCC2CC(C(N)=O)C1c1ccc(N(c2ccc(N(C)C)cc2)C2CCOCC2)cc1. The van der Waals surface area contributed by atoms with Gasteiger partial charge in [-0.15, -0.1) is 0 Å². The summed E-state index contributed by atoms with van der Waals surface area (Å²) in [5.74, 6) is -2.17. The van der Waals surface area contributed by atoms with Crippen LogP contribution in [0, 0.1) is 24.6 Å². The Kier molecular flexibility index (Phi) is 8.60. The molecule has 3 fully saturated rings. The van der Waals surface area contributed by atoms with Crippen LogP contribution in [0.3, 0.4) is 0 Å². The molecule has 2 N–H and O–H groups in total. The van der Waals surface area contributed by atoms with Crippen molar-refractivity contribution in [3.05, 3.63) is 89.2 Å². The fourth-order valence-electron chi connectivity index (χ4n) is 7.21. The van der Waals surface area contributed by atoms with Crippen LogP contribution in [0.15, 0.2) is 66.7 Å². The van der Waals surface area contributed by atoms with Crippen LogP contribution in [-0.4, -0.2) is 69.3 Å². The van der Waals surface area contributed by atoms with Gasteiger partial charge in [0.2, 0.25) is 5.91 Å². The van der Waals surface area contributed by atoms with E-state index in [0.29, 0.717) is 38.4 Å². The van der Waals surface area contributed by atoms with Crippen LogP contribution in [0.1, 0.15) is 46.8 Å². The molecule has 6 rings (SSSR count). The van der Waals surface area contributed by atoms with Crippen molar-refractivity contribution in [1.29, 1.82) is 0 Å². The van der Waals surface area contributed by atoms with Gasteiger partial charge in [0.1, 0.15) is 5.82 Å². The van der Waals surface area contributed by atoms with Crippen LogP contribution in [-0.2, 0) is 14.3 Å². The Labute approximate surface area is 258 Å². The molecular weight excluding hydrogens is 559 g/mol. The van der Waals surface area contributed by atoms with Crippen molar-refractivity contribution in [2.75, 3.05) is 50.3 Å². The van der Waals surface area contributed by atoms with Crippen LogP contribution < -0.4 is 15.5 Å². The molecule has 0 bridgehead atoms. The zero-order valence-corrected chi connectivity index (χ0v) is 25.6. The van der Waals surface area contributed by atoms with Gasteiger partial charge in [0, 0.05) is 56.3 Å². The number of hydrogen-bond donors (Lipinski definition) is 1. The smallest absolute Gasteiger partial charge is 0.257 e. The van der Waals surface area contributed by atoms with Gasteiger partial charge in [-0.05, 0) is 79.8 Å². The van der Waals surface area contributed by atoms with Gasteiger partial charge >= 0.3 is 0 Å². The number of likely N-dealkylation sites (tertiary alicyclic amines) is 1. The van der Waals surface area contributed by atoms with Gasteiger partial charge in [0.25, 0.3) is 5.91 Å². The lowest BCUT2D eigenvalue weighted by atomic mass is 9.76. The molecular formula is C35H41FN4O4. The molecule has 0 aromatic heterocycles. The number of hydrogen-bond acceptors (Lipinski definition) is 6. The topological polar surface area (TPSA) is 88.3 Å². The Hall–Kier alpha value is -3.95. The molecule has 44 heavy (non-hydrogen) atoms. The maximum atomic E-state index is 15.1. The highest BCUT2D eigenvalue weighted by atomic mass is 19.1. The molecule has 3 heterocycles. The third-order valence-corrected chi connectivity index (χ3v) is 9.51. The summed E-state index contributed by atoms with van der Waals surface area (Å²) in [5.41, 5.74) is 10.6. The fraction of sp³-hybridized carbons (Fsp3) is 0.429. The number of primary amides is 1. The number of piperidine rings is 1. The summed E-state index contributed by atoms with van der Waals surface area (Å²) in [7, 11) is 4.05. The van der Waals surface area contributed by atoms with Crippen LogP contribution >= 0.6 is 0 Å². The number of anilines is 3. The lowest BCUT2D eigenvalue weighted by molar-refractivity contribution is -0.126. The maximum Gasteiger partial charge on any atom is 0.257 e. The van der Waals surface area contributed by atoms with Crippen LogP contribution in [0.5, 0.6) is 0 Å². The third kappa shape index (κ3) is 5.66. The van der Waals surface area contributed by atoms with E-state index < -0.39 is 29.6 Å². The number of fused-ring (bicyclic) bond motifs is 1. The molecule has 0 radical (unpaired) electrons. The van der Waals surface area contributed by atoms with Crippen molar-refractivity contribution in [2.45, 2.75) is 44.3 Å². The highest BCUT2D eigenvalue weighted by molar-refractivity contribution is 5.97. The highest BCUT2D eigenvalue weighted by Crippen LogP contribution is 2.45. The Bertz CT molecular complexity index is 1470. The van der Waals surface area contributed by atoms with Crippen molar-refractivity contribution in [2.24, 2.45) is 17.6 Å². The number of rotatable bonds is 7. The van der Waals surface area contributed by atoms with Gasteiger partial charge in [-0.1, -0.05) is 24.3 Å². The normalized spacial score (nSPS) is 23.7. The first-order chi connectivity index (χ1) is 21.2. The zero-order chi connectivity index (χ0) is 31.0. The van der Waals surface area contributed by atoms with Crippen molar-refractivity contribution >= 4 is 28.9 Å². The van der Waals surface area contributed by atoms with Crippen molar-refractivity contribution in [3.63, 3.8) is 0 Å². The Balaban J connectivity index is 1.40. The second kappa shape index (κ2) is 12.6. The van der Waals surface area contributed by atoms with Crippen LogP contribution in [0.4, 0.5) is 21.5 Å². The van der Waals surface area contributed by atoms with E-state index in [9.17, 15) is 9.59 Å². The largest absolute Gasteiger partial charge is 0.381 e. The molecule has 9 heteroatoms. The summed E-state index contributed by atoms with van der Waals surface area (Å²) in [6, 6.07) is 20.5. The average Bonchev–Trinajstić information content (AvgIpc) is 3.50. The lowest BCUT2D eigenvalue weighted by Gasteiger charge is -2.47. The van der Waals surface area contributed by atoms with E-state index in [1.807, 2.05) is 26.2 Å². The summed E-state index contributed by atoms with van der Waals surface area (Å²) in [4.78, 5) is 33.3. The molecule has 0 spiro atoms. The molecule has 2 amide bonds. The minimum atomic E-state index is -0.646. The molecule has 3 aromatic rings. The standard InChI is InChI=1S/C35H41FN4O4/c1-22-5-4-6-30(36)32(22)35(42)40-31-21-44-20-24(31)19-29(34(37)41)33(40)23-7-9-26(10-8-23)39(28-15-17-43-18-16-28)27-13-11-25(12-14-27)38(2)3/h4-14,24,28-29,31,33H,15-21H2,1-3H3,(H2,37,41). The second-order valence-electron chi connectivity index (χ2n) is 12.4. The number of carbonyl (C=O) groups excluding carboxylic acids is 2. The molecule has 3 aliphatic heterocycles. The summed E-state index contributed by atoms with van der Waals surface area (Å²) in [6.45, 7) is 3.91. The number of ether oxygens (including phenoxy) is 2. The molecule has 4 atom stereocenters. The third-order valence-electron chi connectivity index (χ3n) is 9.51. The molecule has 4 unspecified atom stereocenters. The molecule has 8 nitrogen and oxygen atoms in total. The number of amides is 2. The van der Waals surface area contributed by atoms with Crippen LogP contribution in [0.25, 0.3) is 0 Å². The maximum absolute atomic E-state index is 15.1. The van der Waals surface area contributed by atoms with E-state index in [1.165, 1.54) is 6.07 Å². The van der Waals surface area contributed by atoms with Gasteiger partial charge in [-0.2, -0.15) is 0 Å². The second-order valence-corrected chi connectivity index (χ2v) is 12.4. The van der Waals surface area contributed by atoms with Crippen LogP contribution in [0.2, 0.25) is 0 Å². The Morgan fingerprint density at radius 2 is 1.52 bits per heavy atom. The zero-order valence-electron chi connectivity index (χ0n) is 25.6. The van der Waals surface area contributed by atoms with Gasteiger partial charge in [-0.25, -0.2) is 4.39 Å². The van der Waals surface area contributed by atoms with E-state index in [0.717, 1.165) is 35.5 Å². The number of carbonyl (C=O) groups is 2. The van der Waals surface area contributed by atoms with Gasteiger partial charge < -0.3 is 29.9 Å².